The Labute approximate surface area is 102 Å². The van der Waals surface area contributed by atoms with Crippen LogP contribution in [0.15, 0.2) is 22.7 Å². The molecule has 2 nitrogen and oxygen atoms in total. The molecule has 0 aliphatic carbocycles. The van der Waals surface area contributed by atoms with Crippen molar-refractivity contribution in [1.82, 2.24) is 0 Å². The van der Waals surface area contributed by atoms with E-state index in [0.717, 1.165) is 10.2 Å². The highest BCUT2D eigenvalue weighted by Gasteiger charge is 2.34. The molecule has 88 valence electrons. The predicted octanol–water partition coefficient (Wildman–Crippen LogP) is 3.27. The van der Waals surface area contributed by atoms with E-state index in [1.165, 1.54) is 0 Å². The fourth-order valence-corrected chi connectivity index (χ4v) is 2.21. The van der Waals surface area contributed by atoms with Gasteiger partial charge in [-0.1, -0.05) is 15.9 Å². The van der Waals surface area contributed by atoms with Crippen LogP contribution in [0.1, 0.15) is 12.8 Å². The number of nitrogen functional groups attached to an aromatic ring is 1. The number of piperidine rings is 1. The number of hydrogen-bond donors (Lipinski definition) is 1. The van der Waals surface area contributed by atoms with E-state index in [2.05, 4.69) is 15.9 Å². The zero-order chi connectivity index (χ0) is 11.8. The van der Waals surface area contributed by atoms with Crippen LogP contribution in [0.3, 0.4) is 0 Å². The van der Waals surface area contributed by atoms with Crippen LogP contribution in [0.4, 0.5) is 20.2 Å². The van der Waals surface area contributed by atoms with Crippen molar-refractivity contribution in [3.8, 4) is 0 Å². The standard InChI is InChI=1S/C11H13BrF2N2/c12-8-1-2-9(15)10(7-8)16-5-3-11(13,14)4-6-16/h1-2,7H,3-6,15H2. The molecule has 0 amide bonds. The third-order valence-corrected chi connectivity index (χ3v) is 3.32. The number of alkyl halides is 2. The van der Waals surface area contributed by atoms with Crippen molar-refractivity contribution in [2.24, 2.45) is 0 Å². The highest BCUT2D eigenvalue weighted by molar-refractivity contribution is 9.10. The second-order valence-electron chi connectivity index (χ2n) is 4.05. The summed E-state index contributed by atoms with van der Waals surface area (Å²) in [6.45, 7) is 0.710. The lowest BCUT2D eigenvalue weighted by atomic mass is 10.1. The minimum absolute atomic E-state index is 0.0983. The largest absolute Gasteiger partial charge is 0.397 e. The maximum absolute atomic E-state index is 13.0. The monoisotopic (exact) mass is 290 g/mol. The molecular weight excluding hydrogens is 278 g/mol. The van der Waals surface area contributed by atoms with Gasteiger partial charge >= 0.3 is 0 Å². The first-order valence-electron chi connectivity index (χ1n) is 5.16. The van der Waals surface area contributed by atoms with Crippen LogP contribution < -0.4 is 10.6 Å². The third-order valence-electron chi connectivity index (χ3n) is 2.83. The second kappa shape index (κ2) is 4.20. The first kappa shape index (κ1) is 11.6. The van der Waals surface area contributed by atoms with Crippen molar-refractivity contribution in [2.45, 2.75) is 18.8 Å². The number of hydrogen-bond acceptors (Lipinski definition) is 2. The lowest BCUT2D eigenvalue weighted by molar-refractivity contribution is -0.0220. The molecular formula is C11H13BrF2N2. The summed E-state index contributed by atoms with van der Waals surface area (Å²) < 4.78 is 26.9. The van der Waals surface area contributed by atoms with Crippen LogP contribution in [0.25, 0.3) is 0 Å². The van der Waals surface area contributed by atoms with Gasteiger partial charge in [0.2, 0.25) is 0 Å². The van der Waals surface area contributed by atoms with E-state index in [1.54, 1.807) is 6.07 Å². The molecule has 0 aromatic heterocycles. The Morgan fingerprint density at radius 1 is 1.25 bits per heavy atom. The molecule has 5 heteroatoms. The molecule has 2 rings (SSSR count). The molecule has 0 spiro atoms. The molecule has 1 aliphatic rings. The number of nitrogens with two attached hydrogens (primary N) is 1. The number of rotatable bonds is 1. The summed E-state index contributed by atoms with van der Waals surface area (Å²) in [5.74, 6) is -2.52. The quantitative estimate of drug-likeness (QED) is 0.805. The molecule has 1 heterocycles. The molecule has 16 heavy (non-hydrogen) atoms. The van der Waals surface area contributed by atoms with E-state index in [9.17, 15) is 8.78 Å². The molecule has 1 saturated heterocycles. The van der Waals surface area contributed by atoms with E-state index in [-0.39, 0.29) is 12.8 Å². The van der Waals surface area contributed by atoms with Gasteiger partial charge in [0, 0.05) is 30.4 Å². The highest BCUT2D eigenvalue weighted by Crippen LogP contribution is 2.34. The smallest absolute Gasteiger partial charge is 0.251 e. The van der Waals surface area contributed by atoms with Crippen molar-refractivity contribution in [3.63, 3.8) is 0 Å². The Balaban J connectivity index is 2.17. The third kappa shape index (κ3) is 2.45. The minimum Gasteiger partial charge on any atom is -0.397 e. The van der Waals surface area contributed by atoms with E-state index < -0.39 is 5.92 Å². The van der Waals surface area contributed by atoms with Crippen LogP contribution in [-0.2, 0) is 0 Å². The summed E-state index contributed by atoms with van der Waals surface area (Å²) in [6.07, 6.45) is -0.197. The topological polar surface area (TPSA) is 29.3 Å². The van der Waals surface area contributed by atoms with Gasteiger partial charge in [0.1, 0.15) is 0 Å². The van der Waals surface area contributed by atoms with Gasteiger partial charge in [-0.25, -0.2) is 8.78 Å². The van der Waals surface area contributed by atoms with Crippen LogP contribution >= 0.6 is 15.9 Å². The van der Waals surface area contributed by atoms with Crippen molar-refractivity contribution >= 4 is 27.3 Å². The first-order valence-corrected chi connectivity index (χ1v) is 5.95. The van der Waals surface area contributed by atoms with Gasteiger partial charge in [0.05, 0.1) is 11.4 Å². The molecule has 0 radical (unpaired) electrons. The van der Waals surface area contributed by atoms with E-state index in [4.69, 9.17) is 5.73 Å². The summed E-state index contributed by atoms with van der Waals surface area (Å²) in [5, 5.41) is 0. The summed E-state index contributed by atoms with van der Waals surface area (Å²) in [7, 11) is 0. The van der Waals surface area contributed by atoms with Crippen LogP contribution in [0, 0.1) is 0 Å². The summed E-state index contributed by atoms with van der Waals surface area (Å²) >= 11 is 3.35. The fourth-order valence-electron chi connectivity index (χ4n) is 1.87. The van der Waals surface area contributed by atoms with Gasteiger partial charge in [-0.2, -0.15) is 0 Å². The molecule has 0 atom stereocenters. The Morgan fingerprint density at radius 2 is 1.88 bits per heavy atom. The van der Waals surface area contributed by atoms with Gasteiger partial charge in [-0.15, -0.1) is 0 Å². The van der Waals surface area contributed by atoms with Crippen molar-refractivity contribution < 1.29 is 8.78 Å². The van der Waals surface area contributed by atoms with Crippen LogP contribution in [0.2, 0.25) is 0 Å². The van der Waals surface area contributed by atoms with Crippen LogP contribution in [-0.4, -0.2) is 19.0 Å². The number of anilines is 2. The summed E-state index contributed by atoms with van der Waals surface area (Å²) in [4.78, 5) is 1.91. The van der Waals surface area contributed by atoms with Gasteiger partial charge in [0.15, 0.2) is 0 Å². The zero-order valence-corrected chi connectivity index (χ0v) is 10.3. The van der Waals surface area contributed by atoms with Crippen molar-refractivity contribution in [1.29, 1.82) is 0 Å². The van der Waals surface area contributed by atoms with Crippen LogP contribution in [0.5, 0.6) is 0 Å². The molecule has 1 fully saturated rings. The fraction of sp³-hybridized carbons (Fsp3) is 0.455. The molecule has 1 aromatic rings. The number of nitrogens with zero attached hydrogens (tertiary/aromatic N) is 1. The van der Waals surface area contributed by atoms with Gasteiger partial charge in [-0.3, -0.25) is 0 Å². The highest BCUT2D eigenvalue weighted by atomic mass is 79.9. The maximum atomic E-state index is 13.0. The average molecular weight is 291 g/mol. The van der Waals surface area contributed by atoms with Crippen molar-refractivity contribution in [2.75, 3.05) is 23.7 Å². The van der Waals surface area contributed by atoms with Gasteiger partial charge in [0.25, 0.3) is 5.92 Å². The molecule has 1 aliphatic heterocycles. The first-order chi connectivity index (χ1) is 7.48. The molecule has 0 unspecified atom stereocenters. The molecule has 1 aromatic carbocycles. The predicted molar refractivity (Wildman–Crippen MR) is 64.9 cm³/mol. The zero-order valence-electron chi connectivity index (χ0n) is 8.72. The Kier molecular flexibility index (Phi) is 3.06. The van der Waals surface area contributed by atoms with E-state index in [1.807, 2.05) is 17.0 Å². The Bertz CT molecular complexity index is 386. The number of halogens is 3. The molecule has 0 bridgehead atoms. The van der Waals surface area contributed by atoms with Gasteiger partial charge < -0.3 is 10.6 Å². The molecule has 0 saturated carbocycles. The van der Waals surface area contributed by atoms with Gasteiger partial charge in [-0.05, 0) is 18.2 Å². The molecule has 2 N–H and O–H groups in total. The van der Waals surface area contributed by atoms with Crippen molar-refractivity contribution in [3.05, 3.63) is 22.7 Å². The minimum atomic E-state index is -2.52. The lowest BCUT2D eigenvalue weighted by Crippen LogP contribution is -2.39. The summed E-state index contributed by atoms with van der Waals surface area (Å²) in [6, 6.07) is 5.50. The van der Waals surface area contributed by atoms with E-state index in [0.29, 0.717) is 18.8 Å². The lowest BCUT2D eigenvalue weighted by Gasteiger charge is -2.34. The normalized spacial score (nSPS) is 19.8. The van der Waals surface area contributed by atoms with E-state index >= 15 is 0 Å². The second-order valence-corrected chi connectivity index (χ2v) is 4.96. The summed E-state index contributed by atoms with van der Waals surface area (Å²) in [5.41, 5.74) is 7.31. The maximum Gasteiger partial charge on any atom is 0.251 e. The Morgan fingerprint density at radius 3 is 2.50 bits per heavy atom. The number of benzene rings is 1. The SMILES string of the molecule is Nc1ccc(Br)cc1N1CCC(F)(F)CC1. The average Bonchev–Trinajstić information content (AvgIpc) is 2.22. The Hall–Kier alpha value is -0.840.